The highest BCUT2D eigenvalue weighted by Crippen LogP contribution is 2.17. The lowest BCUT2D eigenvalue weighted by Gasteiger charge is -2.31. The molecular formula is C16H27N3. The molecule has 0 aromatic heterocycles. The molecule has 3 heteroatoms. The van der Waals surface area contributed by atoms with Crippen molar-refractivity contribution in [1.29, 1.82) is 0 Å². The average molecular weight is 261 g/mol. The first kappa shape index (κ1) is 14.5. The van der Waals surface area contributed by atoms with Crippen molar-refractivity contribution in [1.82, 2.24) is 10.2 Å². The minimum Gasteiger partial charge on any atom is -0.330 e. The lowest BCUT2D eigenvalue weighted by atomic mass is 10.0. The SMILES string of the molecule is NCCCNC(CN1CCCCC1)c1ccccc1. The summed E-state index contributed by atoms with van der Waals surface area (Å²) in [6.45, 7) is 5.39. The summed E-state index contributed by atoms with van der Waals surface area (Å²) in [5.41, 5.74) is 6.98. The third-order valence-corrected chi connectivity index (χ3v) is 3.86. The van der Waals surface area contributed by atoms with Gasteiger partial charge in [-0.25, -0.2) is 0 Å². The number of nitrogens with two attached hydrogens (primary N) is 1. The van der Waals surface area contributed by atoms with Crippen molar-refractivity contribution in [3.05, 3.63) is 35.9 Å². The second kappa shape index (κ2) is 8.31. The molecule has 1 heterocycles. The quantitative estimate of drug-likeness (QED) is 0.739. The molecule has 1 aliphatic rings. The molecule has 0 radical (unpaired) electrons. The topological polar surface area (TPSA) is 41.3 Å². The summed E-state index contributed by atoms with van der Waals surface area (Å²) < 4.78 is 0. The van der Waals surface area contributed by atoms with E-state index in [4.69, 9.17) is 5.73 Å². The Morgan fingerprint density at radius 3 is 2.53 bits per heavy atom. The summed E-state index contributed by atoms with van der Waals surface area (Å²) in [4.78, 5) is 2.59. The van der Waals surface area contributed by atoms with Gasteiger partial charge in [-0.3, -0.25) is 0 Å². The zero-order valence-corrected chi connectivity index (χ0v) is 11.9. The normalized spacial score (nSPS) is 18.4. The summed E-state index contributed by atoms with van der Waals surface area (Å²) in [7, 11) is 0. The van der Waals surface area contributed by atoms with Gasteiger partial charge < -0.3 is 16.0 Å². The van der Waals surface area contributed by atoms with Crippen LogP contribution in [0.3, 0.4) is 0 Å². The number of hydrogen-bond donors (Lipinski definition) is 2. The fourth-order valence-electron chi connectivity index (χ4n) is 2.75. The lowest BCUT2D eigenvalue weighted by molar-refractivity contribution is 0.205. The molecule has 0 bridgehead atoms. The first-order chi connectivity index (χ1) is 9.40. The first-order valence-electron chi connectivity index (χ1n) is 7.61. The van der Waals surface area contributed by atoms with Crippen LogP contribution in [0, 0.1) is 0 Å². The first-order valence-corrected chi connectivity index (χ1v) is 7.61. The number of likely N-dealkylation sites (tertiary alicyclic amines) is 1. The molecule has 1 unspecified atom stereocenters. The molecule has 1 atom stereocenters. The number of piperidine rings is 1. The highest BCUT2D eigenvalue weighted by atomic mass is 15.2. The molecule has 1 aliphatic heterocycles. The smallest absolute Gasteiger partial charge is 0.0449 e. The van der Waals surface area contributed by atoms with E-state index in [1.54, 1.807) is 0 Å². The highest BCUT2D eigenvalue weighted by molar-refractivity contribution is 5.19. The van der Waals surface area contributed by atoms with Gasteiger partial charge in [0.2, 0.25) is 0 Å². The van der Waals surface area contributed by atoms with E-state index >= 15 is 0 Å². The number of benzene rings is 1. The van der Waals surface area contributed by atoms with E-state index in [0.717, 1.165) is 26.1 Å². The van der Waals surface area contributed by atoms with E-state index in [-0.39, 0.29) is 0 Å². The Bertz CT molecular complexity index is 333. The fourth-order valence-corrected chi connectivity index (χ4v) is 2.75. The Morgan fingerprint density at radius 1 is 1.11 bits per heavy atom. The van der Waals surface area contributed by atoms with E-state index in [1.807, 2.05) is 0 Å². The third-order valence-electron chi connectivity index (χ3n) is 3.86. The van der Waals surface area contributed by atoms with Crippen LogP contribution in [-0.4, -0.2) is 37.6 Å². The minimum atomic E-state index is 0.436. The molecule has 3 nitrogen and oxygen atoms in total. The van der Waals surface area contributed by atoms with Crippen LogP contribution in [0.4, 0.5) is 0 Å². The van der Waals surface area contributed by atoms with Crippen LogP contribution in [0.2, 0.25) is 0 Å². The summed E-state index contributed by atoms with van der Waals surface area (Å²) in [6, 6.07) is 11.2. The van der Waals surface area contributed by atoms with Gasteiger partial charge >= 0.3 is 0 Å². The maximum Gasteiger partial charge on any atom is 0.0449 e. The van der Waals surface area contributed by atoms with Crippen LogP contribution >= 0.6 is 0 Å². The van der Waals surface area contributed by atoms with E-state index in [0.29, 0.717) is 6.04 Å². The standard InChI is InChI=1S/C16H27N3/c17-10-7-11-18-16(15-8-3-1-4-9-15)14-19-12-5-2-6-13-19/h1,3-4,8-9,16,18H,2,5-7,10-14,17H2. The lowest BCUT2D eigenvalue weighted by Crippen LogP contribution is -2.38. The van der Waals surface area contributed by atoms with Crippen molar-refractivity contribution in [3.63, 3.8) is 0 Å². The van der Waals surface area contributed by atoms with Crippen molar-refractivity contribution in [2.75, 3.05) is 32.7 Å². The van der Waals surface area contributed by atoms with Crippen LogP contribution in [0.25, 0.3) is 0 Å². The molecular weight excluding hydrogens is 234 g/mol. The monoisotopic (exact) mass is 261 g/mol. The summed E-state index contributed by atoms with van der Waals surface area (Å²) in [5.74, 6) is 0. The van der Waals surface area contributed by atoms with Crippen molar-refractivity contribution < 1.29 is 0 Å². The number of rotatable bonds is 7. The Labute approximate surface area is 117 Å². The number of hydrogen-bond acceptors (Lipinski definition) is 3. The van der Waals surface area contributed by atoms with E-state index < -0.39 is 0 Å². The molecule has 1 aromatic carbocycles. The zero-order chi connectivity index (χ0) is 13.3. The van der Waals surface area contributed by atoms with Gasteiger partial charge in [0.1, 0.15) is 0 Å². The molecule has 106 valence electrons. The molecule has 1 fully saturated rings. The largest absolute Gasteiger partial charge is 0.330 e. The van der Waals surface area contributed by atoms with Crippen LogP contribution in [-0.2, 0) is 0 Å². The van der Waals surface area contributed by atoms with Crippen molar-refractivity contribution in [3.8, 4) is 0 Å². The molecule has 1 aromatic rings. The Hall–Kier alpha value is -0.900. The molecule has 2 rings (SSSR count). The van der Waals surface area contributed by atoms with Crippen molar-refractivity contribution in [2.24, 2.45) is 5.73 Å². The van der Waals surface area contributed by atoms with Crippen LogP contribution < -0.4 is 11.1 Å². The third kappa shape index (κ3) is 4.94. The molecule has 1 saturated heterocycles. The second-order valence-corrected chi connectivity index (χ2v) is 5.42. The molecule has 3 N–H and O–H groups in total. The van der Waals surface area contributed by atoms with Gasteiger partial charge in [-0.1, -0.05) is 36.8 Å². The summed E-state index contributed by atoms with van der Waals surface area (Å²) >= 11 is 0. The van der Waals surface area contributed by atoms with Crippen LogP contribution in [0.5, 0.6) is 0 Å². The van der Waals surface area contributed by atoms with Crippen molar-refractivity contribution >= 4 is 0 Å². The Kier molecular flexibility index (Phi) is 6.34. The predicted molar refractivity (Wildman–Crippen MR) is 81.1 cm³/mol. The van der Waals surface area contributed by atoms with Gasteiger partial charge in [-0.05, 0) is 51.0 Å². The molecule has 19 heavy (non-hydrogen) atoms. The van der Waals surface area contributed by atoms with Crippen LogP contribution in [0.1, 0.15) is 37.3 Å². The Balaban J connectivity index is 1.92. The van der Waals surface area contributed by atoms with E-state index in [1.165, 1.54) is 37.9 Å². The maximum absolute atomic E-state index is 5.59. The van der Waals surface area contributed by atoms with E-state index in [9.17, 15) is 0 Å². The molecule has 0 amide bonds. The van der Waals surface area contributed by atoms with Gasteiger partial charge in [0, 0.05) is 12.6 Å². The van der Waals surface area contributed by atoms with Gasteiger partial charge in [-0.15, -0.1) is 0 Å². The fraction of sp³-hybridized carbons (Fsp3) is 0.625. The number of nitrogens with zero attached hydrogens (tertiary/aromatic N) is 1. The molecule has 0 saturated carbocycles. The Morgan fingerprint density at radius 2 is 1.84 bits per heavy atom. The van der Waals surface area contributed by atoms with Gasteiger partial charge in [0.25, 0.3) is 0 Å². The molecule has 0 spiro atoms. The zero-order valence-electron chi connectivity index (χ0n) is 11.9. The summed E-state index contributed by atoms with van der Waals surface area (Å²) in [5, 5.41) is 3.66. The van der Waals surface area contributed by atoms with Gasteiger partial charge in [0.05, 0.1) is 0 Å². The van der Waals surface area contributed by atoms with Crippen LogP contribution in [0.15, 0.2) is 30.3 Å². The highest BCUT2D eigenvalue weighted by Gasteiger charge is 2.17. The maximum atomic E-state index is 5.59. The minimum absolute atomic E-state index is 0.436. The van der Waals surface area contributed by atoms with Gasteiger partial charge in [-0.2, -0.15) is 0 Å². The molecule has 0 aliphatic carbocycles. The average Bonchev–Trinajstić information content (AvgIpc) is 2.48. The second-order valence-electron chi connectivity index (χ2n) is 5.42. The van der Waals surface area contributed by atoms with Gasteiger partial charge in [0.15, 0.2) is 0 Å². The van der Waals surface area contributed by atoms with Crippen molar-refractivity contribution in [2.45, 2.75) is 31.7 Å². The number of nitrogens with one attached hydrogen (secondary N) is 1. The predicted octanol–water partition coefficient (Wildman–Crippen LogP) is 2.15. The van der Waals surface area contributed by atoms with E-state index in [2.05, 4.69) is 40.5 Å². The summed E-state index contributed by atoms with van der Waals surface area (Å²) in [6.07, 6.45) is 5.14.